The van der Waals surface area contributed by atoms with Crippen molar-refractivity contribution in [3.8, 4) is 22.8 Å². The summed E-state index contributed by atoms with van der Waals surface area (Å²) in [4.78, 5) is 12.4. The summed E-state index contributed by atoms with van der Waals surface area (Å²) < 4.78 is 1.35. The SMILES string of the molecule is CC[C@H](C)c1ccc(NC(=O)CSc2nnc(-c3cc(-c4ccc(Cl)cc4)n[nH]3)n2N)cc1. The summed E-state index contributed by atoms with van der Waals surface area (Å²) in [6.07, 6.45) is 1.07. The first-order valence-electron chi connectivity index (χ1n) is 10.5. The zero-order valence-corrected chi connectivity index (χ0v) is 19.8. The number of rotatable bonds is 8. The molecule has 33 heavy (non-hydrogen) atoms. The highest BCUT2D eigenvalue weighted by Gasteiger charge is 2.16. The quantitative estimate of drug-likeness (QED) is 0.242. The second-order valence-corrected chi connectivity index (χ2v) is 9.00. The Bertz CT molecular complexity index is 1230. The average Bonchev–Trinajstić information content (AvgIpc) is 3.45. The van der Waals surface area contributed by atoms with Crippen LogP contribution in [0.25, 0.3) is 22.8 Å². The molecule has 10 heteroatoms. The number of nitrogen functional groups attached to an aromatic ring is 1. The third kappa shape index (κ3) is 5.37. The van der Waals surface area contributed by atoms with Gasteiger partial charge in [0.15, 0.2) is 0 Å². The normalized spacial score (nSPS) is 12.0. The smallest absolute Gasteiger partial charge is 0.234 e. The molecule has 0 aliphatic heterocycles. The van der Waals surface area contributed by atoms with E-state index in [2.05, 4.69) is 39.6 Å². The summed E-state index contributed by atoms with van der Waals surface area (Å²) in [5, 5.41) is 19.5. The molecule has 0 aliphatic carbocycles. The fourth-order valence-corrected chi connectivity index (χ4v) is 4.00. The Labute approximate surface area is 200 Å². The van der Waals surface area contributed by atoms with Crippen molar-refractivity contribution in [1.82, 2.24) is 25.1 Å². The number of aromatic nitrogens is 5. The van der Waals surface area contributed by atoms with Gasteiger partial charge in [-0.05, 0) is 48.2 Å². The van der Waals surface area contributed by atoms with Crippen molar-refractivity contribution in [1.29, 1.82) is 0 Å². The molecule has 1 atom stereocenters. The van der Waals surface area contributed by atoms with Crippen LogP contribution in [-0.2, 0) is 4.79 Å². The molecule has 0 saturated carbocycles. The van der Waals surface area contributed by atoms with Gasteiger partial charge in [-0.15, -0.1) is 10.2 Å². The van der Waals surface area contributed by atoms with Gasteiger partial charge in [0.1, 0.15) is 5.69 Å². The Balaban J connectivity index is 1.37. The molecule has 4 aromatic rings. The van der Waals surface area contributed by atoms with Gasteiger partial charge >= 0.3 is 0 Å². The number of benzene rings is 2. The van der Waals surface area contributed by atoms with E-state index >= 15 is 0 Å². The van der Waals surface area contributed by atoms with E-state index < -0.39 is 0 Å². The van der Waals surface area contributed by atoms with Crippen molar-refractivity contribution in [3.63, 3.8) is 0 Å². The molecular formula is C23H24ClN7OS. The van der Waals surface area contributed by atoms with E-state index in [4.69, 9.17) is 17.4 Å². The molecule has 2 aromatic heterocycles. The van der Waals surface area contributed by atoms with E-state index in [1.54, 1.807) is 12.1 Å². The van der Waals surface area contributed by atoms with Crippen molar-refractivity contribution < 1.29 is 4.79 Å². The maximum Gasteiger partial charge on any atom is 0.234 e. The van der Waals surface area contributed by atoms with E-state index in [1.807, 2.05) is 42.5 Å². The van der Waals surface area contributed by atoms with Gasteiger partial charge in [0.05, 0.1) is 11.4 Å². The van der Waals surface area contributed by atoms with Crippen molar-refractivity contribution >= 4 is 35.0 Å². The molecule has 0 fully saturated rings. The highest BCUT2D eigenvalue weighted by Crippen LogP contribution is 2.26. The summed E-state index contributed by atoms with van der Waals surface area (Å²) in [6.45, 7) is 4.34. The highest BCUT2D eigenvalue weighted by atomic mass is 35.5. The summed E-state index contributed by atoms with van der Waals surface area (Å²) in [5.74, 6) is 7.10. The lowest BCUT2D eigenvalue weighted by Crippen LogP contribution is -2.16. The van der Waals surface area contributed by atoms with Gasteiger partial charge in [0.25, 0.3) is 0 Å². The molecule has 2 heterocycles. The Morgan fingerprint density at radius 2 is 1.91 bits per heavy atom. The van der Waals surface area contributed by atoms with E-state index in [0.29, 0.717) is 27.6 Å². The number of nitrogens with two attached hydrogens (primary N) is 1. The largest absolute Gasteiger partial charge is 0.335 e. The number of amides is 1. The van der Waals surface area contributed by atoms with Gasteiger partial charge in [0.2, 0.25) is 16.9 Å². The fourth-order valence-electron chi connectivity index (χ4n) is 3.22. The summed E-state index contributed by atoms with van der Waals surface area (Å²) in [6, 6.07) is 17.1. The predicted octanol–water partition coefficient (Wildman–Crippen LogP) is 4.95. The van der Waals surface area contributed by atoms with Gasteiger partial charge in [-0.3, -0.25) is 9.89 Å². The Hall–Kier alpha value is -3.30. The first-order valence-corrected chi connectivity index (χ1v) is 11.9. The molecule has 4 rings (SSSR count). The molecule has 0 spiro atoms. The van der Waals surface area contributed by atoms with Crippen LogP contribution >= 0.6 is 23.4 Å². The summed E-state index contributed by atoms with van der Waals surface area (Å²) in [5.41, 5.74) is 4.28. The Kier molecular flexibility index (Phi) is 7.00. The number of halogens is 1. The number of nitrogens with zero attached hydrogens (tertiary/aromatic N) is 4. The van der Waals surface area contributed by atoms with Crippen LogP contribution in [0, 0.1) is 0 Å². The lowest BCUT2D eigenvalue weighted by Gasteiger charge is -2.10. The molecule has 8 nitrogen and oxygen atoms in total. The first-order chi connectivity index (χ1) is 15.9. The van der Waals surface area contributed by atoms with Gasteiger partial charge in [-0.1, -0.05) is 61.5 Å². The fraction of sp³-hybridized carbons (Fsp3) is 0.217. The molecule has 0 bridgehead atoms. The van der Waals surface area contributed by atoms with Gasteiger partial charge in [-0.2, -0.15) is 5.10 Å². The number of anilines is 1. The number of nitrogens with one attached hydrogen (secondary N) is 2. The minimum absolute atomic E-state index is 0.146. The summed E-state index contributed by atoms with van der Waals surface area (Å²) >= 11 is 7.16. The molecular weight excluding hydrogens is 458 g/mol. The standard InChI is InChI=1S/C23H24ClN7OS/c1-3-14(2)15-6-10-18(11-7-15)26-21(32)13-33-23-30-29-22(31(23)25)20-12-19(27-28-20)16-4-8-17(24)9-5-16/h4-12,14H,3,13,25H2,1-2H3,(H,26,32)(H,27,28)/t14-/m0/s1. The van der Waals surface area contributed by atoms with Crippen LogP contribution in [-0.4, -0.2) is 36.7 Å². The van der Waals surface area contributed by atoms with E-state index in [1.165, 1.54) is 22.0 Å². The second kappa shape index (κ2) is 10.1. The number of H-pyrrole nitrogens is 1. The zero-order valence-electron chi connectivity index (χ0n) is 18.2. The summed E-state index contributed by atoms with van der Waals surface area (Å²) in [7, 11) is 0. The Morgan fingerprint density at radius 1 is 1.18 bits per heavy atom. The van der Waals surface area contributed by atoms with Crippen LogP contribution in [0.1, 0.15) is 31.7 Å². The van der Waals surface area contributed by atoms with E-state index in [0.717, 1.165) is 23.4 Å². The van der Waals surface area contributed by atoms with Gasteiger partial charge < -0.3 is 11.2 Å². The number of carbonyl (C=O) groups is 1. The molecule has 4 N–H and O–H groups in total. The molecule has 0 unspecified atom stereocenters. The average molecular weight is 482 g/mol. The van der Waals surface area contributed by atoms with Crippen molar-refractivity contribution in [2.45, 2.75) is 31.3 Å². The van der Waals surface area contributed by atoms with Crippen LogP contribution in [0.5, 0.6) is 0 Å². The third-order valence-corrected chi connectivity index (χ3v) is 6.53. The number of hydrogen-bond donors (Lipinski definition) is 3. The second-order valence-electron chi connectivity index (χ2n) is 7.62. The van der Waals surface area contributed by atoms with Crippen LogP contribution in [0.2, 0.25) is 5.02 Å². The van der Waals surface area contributed by atoms with Gasteiger partial charge in [0, 0.05) is 16.3 Å². The van der Waals surface area contributed by atoms with Crippen molar-refractivity contribution in [2.24, 2.45) is 0 Å². The minimum Gasteiger partial charge on any atom is -0.335 e. The monoisotopic (exact) mass is 481 g/mol. The minimum atomic E-state index is -0.146. The highest BCUT2D eigenvalue weighted by molar-refractivity contribution is 7.99. The van der Waals surface area contributed by atoms with Crippen LogP contribution in [0.3, 0.4) is 0 Å². The maximum atomic E-state index is 12.4. The number of hydrogen-bond acceptors (Lipinski definition) is 6. The number of aromatic amines is 1. The number of thioether (sulfide) groups is 1. The van der Waals surface area contributed by atoms with Crippen LogP contribution in [0.15, 0.2) is 59.8 Å². The molecule has 0 aliphatic rings. The van der Waals surface area contributed by atoms with Crippen LogP contribution in [0.4, 0.5) is 5.69 Å². The molecule has 0 radical (unpaired) electrons. The third-order valence-electron chi connectivity index (χ3n) is 5.33. The lowest BCUT2D eigenvalue weighted by molar-refractivity contribution is -0.113. The molecule has 1 amide bonds. The topological polar surface area (TPSA) is 115 Å². The first kappa shape index (κ1) is 22.9. The van der Waals surface area contributed by atoms with Gasteiger partial charge in [-0.25, -0.2) is 4.68 Å². The Morgan fingerprint density at radius 3 is 2.61 bits per heavy atom. The van der Waals surface area contributed by atoms with Crippen molar-refractivity contribution in [2.75, 3.05) is 16.9 Å². The molecule has 0 saturated heterocycles. The van der Waals surface area contributed by atoms with Crippen molar-refractivity contribution in [3.05, 3.63) is 65.2 Å². The predicted molar refractivity (Wildman–Crippen MR) is 133 cm³/mol. The lowest BCUT2D eigenvalue weighted by atomic mass is 9.99. The van der Waals surface area contributed by atoms with E-state index in [-0.39, 0.29) is 11.7 Å². The van der Waals surface area contributed by atoms with Crippen LogP contribution < -0.4 is 11.2 Å². The van der Waals surface area contributed by atoms with E-state index in [9.17, 15) is 4.79 Å². The maximum absolute atomic E-state index is 12.4. The molecule has 170 valence electrons. The number of carbonyl (C=O) groups excluding carboxylic acids is 1. The molecule has 2 aromatic carbocycles. The zero-order chi connectivity index (χ0) is 23.4.